The van der Waals surface area contributed by atoms with Crippen molar-refractivity contribution in [1.82, 2.24) is 0 Å². The minimum Gasteiger partial charge on any atom is -0.454 e. The lowest BCUT2D eigenvalue weighted by Crippen LogP contribution is -2.32. The number of imide groups is 1. The number of fused-ring (bicyclic) bond motifs is 1. The third kappa shape index (κ3) is 3.67. The maximum atomic E-state index is 13.3. The summed E-state index contributed by atoms with van der Waals surface area (Å²) in [6, 6.07) is 17.5. The van der Waals surface area contributed by atoms with Crippen molar-refractivity contribution in [2.24, 2.45) is 0 Å². The summed E-state index contributed by atoms with van der Waals surface area (Å²) in [5, 5.41) is 2.95. The molecule has 3 aromatic rings. The maximum Gasteiger partial charge on any atom is 0.416 e. The first-order valence-corrected chi connectivity index (χ1v) is 9.85. The van der Waals surface area contributed by atoms with Crippen LogP contribution in [0.1, 0.15) is 11.1 Å². The third-order valence-corrected chi connectivity index (χ3v) is 5.22. The van der Waals surface area contributed by atoms with Gasteiger partial charge in [0.1, 0.15) is 5.70 Å². The summed E-state index contributed by atoms with van der Waals surface area (Å²) in [4.78, 5) is 27.4. The van der Waals surface area contributed by atoms with Crippen LogP contribution >= 0.6 is 0 Å². The van der Waals surface area contributed by atoms with Crippen molar-refractivity contribution in [3.63, 3.8) is 0 Å². The van der Waals surface area contributed by atoms with Gasteiger partial charge in [0, 0.05) is 11.8 Å². The molecular formula is C24H15F3N2O4. The second-order valence-corrected chi connectivity index (χ2v) is 7.30. The van der Waals surface area contributed by atoms with E-state index in [1.54, 1.807) is 48.5 Å². The summed E-state index contributed by atoms with van der Waals surface area (Å²) < 4.78 is 50.3. The molecule has 0 radical (unpaired) electrons. The standard InChI is InChI=1S/C24H15F3N2O4/c25-24(26,27)15-7-4-8-17(11-15)29-22(30)20(14-5-2-1-3-6-14)21(23(29)31)28-16-9-10-18-19(12-16)33-13-32-18/h1-12,28H,13H2. The molecule has 0 bridgehead atoms. The maximum absolute atomic E-state index is 13.3. The van der Waals surface area contributed by atoms with Crippen LogP contribution in [-0.2, 0) is 15.8 Å². The Kier molecular flexibility index (Phi) is 4.81. The van der Waals surface area contributed by atoms with E-state index in [1.807, 2.05) is 0 Å². The molecule has 0 atom stereocenters. The topological polar surface area (TPSA) is 67.9 Å². The summed E-state index contributed by atoms with van der Waals surface area (Å²) in [5.74, 6) is -0.491. The zero-order valence-electron chi connectivity index (χ0n) is 16.8. The van der Waals surface area contributed by atoms with Crippen LogP contribution in [0.5, 0.6) is 11.5 Å². The molecule has 2 heterocycles. The monoisotopic (exact) mass is 452 g/mol. The number of halogens is 3. The fraction of sp³-hybridized carbons (Fsp3) is 0.0833. The predicted octanol–water partition coefficient (Wildman–Crippen LogP) is 4.83. The van der Waals surface area contributed by atoms with Gasteiger partial charge in [-0.15, -0.1) is 0 Å². The van der Waals surface area contributed by atoms with Crippen molar-refractivity contribution < 1.29 is 32.2 Å². The highest BCUT2D eigenvalue weighted by molar-refractivity contribution is 6.46. The summed E-state index contributed by atoms with van der Waals surface area (Å²) in [7, 11) is 0. The van der Waals surface area contributed by atoms with Gasteiger partial charge in [-0.2, -0.15) is 13.2 Å². The molecule has 0 aromatic heterocycles. The van der Waals surface area contributed by atoms with Crippen molar-refractivity contribution in [1.29, 1.82) is 0 Å². The number of anilines is 2. The van der Waals surface area contributed by atoms with E-state index >= 15 is 0 Å². The van der Waals surface area contributed by atoms with Gasteiger partial charge in [-0.3, -0.25) is 9.59 Å². The van der Waals surface area contributed by atoms with Crippen LogP contribution < -0.4 is 19.7 Å². The van der Waals surface area contributed by atoms with Crippen LogP contribution in [-0.4, -0.2) is 18.6 Å². The van der Waals surface area contributed by atoms with Gasteiger partial charge in [0.2, 0.25) is 6.79 Å². The number of nitrogens with one attached hydrogen (secondary N) is 1. The summed E-state index contributed by atoms with van der Waals surface area (Å²) in [6.07, 6.45) is -4.62. The molecule has 0 saturated heterocycles. The van der Waals surface area contributed by atoms with E-state index < -0.39 is 23.6 Å². The van der Waals surface area contributed by atoms with Gasteiger partial charge in [0.05, 0.1) is 16.8 Å². The Morgan fingerprint density at radius 2 is 1.58 bits per heavy atom. The van der Waals surface area contributed by atoms with Gasteiger partial charge >= 0.3 is 6.18 Å². The van der Waals surface area contributed by atoms with Gasteiger partial charge in [-0.25, -0.2) is 4.90 Å². The first-order valence-electron chi connectivity index (χ1n) is 9.85. The molecule has 9 heteroatoms. The fourth-order valence-electron chi connectivity index (χ4n) is 3.69. The molecule has 0 unspecified atom stereocenters. The molecule has 2 aliphatic heterocycles. The number of hydrogen-bond acceptors (Lipinski definition) is 5. The minimum absolute atomic E-state index is 0.0516. The highest BCUT2D eigenvalue weighted by Crippen LogP contribution is 2.38. The summed E-state index contributed by atoms with van der Waals surface area (Å²) in [6.45, 7) is 0.0670. The van der Waals surface area contributed by atoms with Crippen LogP contribution in [0, 0.1) is 0 Å². The Balaban J connectivity index is 1.58. The van der Waals surface area contributed by atoms with Gasteiger partial charge in [-0.05, 0) is 35.9 Å². The van der Waals surface area contributed by atoms with Crippen LogP contribution in [0.15, 0.2) is 78.5 Å². The summed E-state index contributed by atoms with van der Waals surface area (Å²) >= 11 is 0. The van der Waals surface area contributed by atoms with Gasteiger partial charge in [0.15, 0.2) is 11.5 Å². The number of carbonyl (C=O) groups excluding carboxylic acids is 2. The lowest BCUT2D eigenvalue weighted by Gasteiger charge is -2.17. The lowest BCUT2D eigenvalue weighted by molar-refractivity contribution is -0.137. The van der Waals surface area contributed by atoms with E-state index in [-0.39, 0.29) is 23.8 Å². The lowest BCUT2D eigenvalue weighted by atomic mass is 10.0. The molecule has 3 aromatic carbocycles. The number of nitrogens with zero attached hydrogens (tertiary/aromatic N) is 1. The van der Waals surface area contributed by atoms with Crippen molar-refractivity contribution in [3.8, 4) is 11.5 Å². The number of hydrogen-bond donors (Lipinski definition) is 1. The highest BCUT2D eigenvalue weighted by Gasteiger charge is 2.41. The van der Waals surface area contributed by atoms with E-state index in [2.05, 4.69) is 5.32 Å². The Morgan fingerprint density at radius 1 is 0.818 bits per heavy atom. The fourth-order valence-corrected chi connectivity index (χ4v) is 3.69. The Bertz CT molecular complexity index is 1300. The van der Waals surface area contributed by atoms with Gasteiger partial charge in [0.25, 0.3) is 11.8 Å². The molecular weight excluding hydrogens is 437 g/mol. The molecule has 6 nitrogen and oxygen atoms in total. The molecule has 5 rings (SSSR count). The SMILES string of the molecule is O=C1C(Nc2ccc3c(c2)OCO3)=C(c2ccccc2)C(=O)N1c1cccc(C(F)(F)F)c1. The van der Waals surface area contributed by atoms with Crippen LogP contribution in [0.25, 0.3) is 5.57 Å². The van der Waals surface area contributed by atoms with E-state index in [9.17, 15) is 22.8 Å². The Labute approximate surface area is 185 Å². The van der Waals surface area contributed by atoms with E-state index in [1.165, 1.54) is 6.07 Å². The van der Waals surface area contributed by atoms with Crippen LogP contribution in [0.3, 0.4) is 0 Å². The molecule has 0 aliphatic carbocycles. The second kappa shape index (κ2) is 7.70. The quantitative estimate of drug-likeness (QED) is 0.575. The zero-order valence-corrected chi connectivity index (χ0v) is 16.8. The first kappa shape index (κ1) is 20.6. The Morgan fingerprint density at radius 3 is 2.33 bits per heavy atom. The van der Waals surface area contributed by atoms with Crippen molar-refractivity contribution >= 4 is 28.8 Å². The molecule has 33 heavy (non-hydrogen) atoms. The smallest absolute Gasteiger partial charge is 0.416 e. The number of benzene rings is 3. The van der Waals surface area contributed by atoms with Crippen molar-refractivity contribution in [2.75, 3.05) is 17.0 Å². The predicted molar refractivity (Wildman–Crippen MR) is 113 cm³/mol. The number of ether oxygens (including phenoxy) is 2. The van der Waals surface area contributed by atoms with E-state index in [4.69, 9.17) is 9.47 Å². The molecule has 166 valence electrons. The molecule has 0 spiro atoms. The average Bonchev–Trinajstić information content (AvgIpc) is 3.36. The molecule has 0 fully saturated rings. The average molecular weight is 452 g/mol. The zero-order chi connectivity index (χ0) is 23.2. The largest absolute Gasteiger partial charge is 0.454 e. The molecule has 0 saturated carbocycles. The number of alkyl halides is 3. The molecule has 1 N–H and O–H groups in total. The summed E-state index contributed by atoms with van der Waals surface area (Å²) in [5.41, 5.74) is -0.226. The number of rotatable bonds is 4. The van der Waals surface area contributed by atoms with Crippen LogP contribution in [0.2, 0.25) is 0 Å². The molecule has 2 aliphatic rings. The Hall–Kier alpha value is -4.27. The number of carbonyl (C=O) groups is 2. The van der Waals surface area contributed by atoms with E-state index in [0.717, 1.165) is 23.1 Å². The number of amides is 2. The van der Waals surface area contributed by atoms with Gasteiger partial charge < -0.3 is 14.8 Å². The second-order valence-electron chi connectivity index (χ2n) is 7.30. The van der Waals surface area contributed by atoms with Crippen molar-refractivity contribution in [2.45, 2.75) is 6.18 Å². The third-order valence-electron chi connectivity index (χ3n) is 5.22. The van der Waals surface area contributed by atoms with E-state index in [0.29, 0.717) is 22.7 Å². The van der Waals surface area contributed by atoms with Crippen LogP contribution in [0.4, 0.5) is 24.5 Å². The van der Waals surface area contributed by atoms with Gasteiger partial charge in [-0.1, -0.05) is 36.4 Å². The molecule has 2 amide bonds. The normalized spacial score (nSPS) is 15.4. The highest BCUT2D eigenvalue weighted by atomic mass is 19.4. The van der Waals surface area contributed by atoms with Crippen molar-refractivity contribution in [3.05, 3.63) is 89.6 Å². The first-order chi connectivity index (χ1) is 15.8. The minimum atomic E-state index is -4.62.